The third kappa shape index (κ3) is 3.57. The molecular formula is C9H12O4. The van der Waals surface area contributed by atoms with Crippen molar-refractivity contribution < 1.29 is 19.7 Å². The summed E-state index contributed by atoms with van der Waals surface area (Å²) >= 11 is 0. The number of carbonyl (C=O) groups is 1. The standard InChI is InChI=1S/C8H8O3.CH4O/c1-11-8(10)6-2-4-7(9)5-3-6;1-2/h2-5,9H,1H3;2H,1H3. The van der Waals surface area contributed by atoms with E-state index in [0.29, 0.717) is 5.56 Å². The number of carbonyl (C=O) groups excluding carboxylic acids is 1. The molecule has 13 heavy (non-hydrogen) atoms. The van der Waals surface area contributed by atoms with Gasteiger partial charge in [0.15, 0.2) is 0 Å². The molecule has 0 aliphatic carbocycles. The number of benzene rings is 1. The predicted molar refractivity (Wildman–Crippen MR) is 47.6 cm³/mol. The highest BCUT2D eigenvalue weighted by molar-refractivity contribution is 5.89. The van der Waals surface area contributed by atoms with E-state index in [2.05, 4.69) is 4.74 Å². The number of hydrogen-bond acceptors (Lipinski definition) is 4. The minimum absolute atomic E-state index is 0.137. The summed E-state index contributed by atoms with van der Waals surface area (Å²) in [5.74, 6) is -0.261. The lowest BCUT2D eigenvalue weighted by molar-refractivity contribution is 0.0600. The molecule has 0 heterocycles. The molecule has 0 fully saturated rings. The van der Waals surface area contributed by atoms with Crippen LogP contribution in [-0.2, 0) is 4.74 Å². The first-order valence-electron chi connectivity index (χ1n) is 3.56. The summed E-state index contributed by atoms with van der Waals surface area (Å²) in [5, 5.41) is 15.9. The minimum atomic E-state index is -0.398. The van der Waals surface area contributed by atoms with Gasteiger partial charge in [0.05, 0.1) is 12.7 Å². The van der Waals surface area contributed by atoms with E-state index in [9.17, 15) is 4.79 Å². The highest BCUT2D eigenvalue weighted by atomic mass is 16.5. The molecule has 0 spiro atoms. The van der Waals surface area contributed by atoms with E-state index < -0.39 is 5.97 Å². The highest BCUT2D eigenvalue weighted by Gasteiger charge is 2.02. The van der Waals surface area contributed by atoms with Crippen LogP contribution in [0.5, 0.6) is 5.75 Å². The van der Waals surface area contributed by atoms with Crippen LogP contribution < -0.4 is 0 Å². The van der Waals surface area contributed by atoms with Gasteiger partial charge in [0.25, 0.3) is 0 Å². The van der Waals surface area contributed by atoms with Gasteiger partial charge in [-0.3, -0.25) is 0 Å². The Kier molecular flexibility index (Phi) is 5.30. The molecule has 0 bridgehead atoms. The lowest BCUT2D eigenvalue weighted by Crippen LogP contribution is -1.99. The number of phenols is 1. The van der Waals surface area contributed by atoms with Crippen LogP contribution in [-0.4, -0.2) is 30.4 Å². The van der Waals surface area contributed by atoms with Gasteiger partial charge in [-0.2, -0.15) is 0 Å². The van der Waals surface area contributed by atoms with Gasteiger partial charge in [0, 0.05) is 7.11 Å². The van der Waals surface area contributed by atoms with Crippen molar-refractivity contribution in [1.29, 1.82) is 0 Å². The van der Waals surface area contributed by atoms with Gasteiger partial charge in [-0.15, -0.1) is 0 Å². The number of aliphatic hydroxyl groups excluding tert-OH is 1. The maximum atomic E-state index is 10.8. The van der Waals surface area contributed by atoms with Gasteiger partial charge in [-0.05, 0) is 24.3 Å². The van der Waals surface area contributed by atoms with Crippen LogP contribution in [0.3, 0.4) is 0 Å². The minimum Gasteiger partial charge on any atom is -0.508 e. The zero-order valence-corrected chi connectivity index (χ0v) is 7.52. The molecule has 1 aromatic rings. The molecule has 0 saturated heterocycles. The average molecular weight is 184 g/mol. The molecule has 1 aromatic carbocycles. The Bertz CT molecular complexity index is 253. The molecule has 72 valence electrons. The van der Waals surface area contributed by atoms with Gasteiger partial charge in [0.2, 0.25) is 0 Å². The first kappa shape index (κ1) is 11.4. The quantitative estimate of drug-likeness (QED) is 0.633. The molecule has 0 atom stereocenters. The Morgan fingerprint density at radius 1 is 1.23 bits per heavy atom. The molecule has 2 N–H and O–H groups in total. The number of rotatable bonds is 1. The Hall–Kier alpha value is -1.55. The molecule has 0 unspecified atom stereocenters. The van der Waals surface area contributed by atoms with Crippen molar-refractivity contribution in [3.8, 4) is 5.75 Å². The molecule has 4 nitrogen and oxygen atoms in total. The van der Waals surface area contributed by atoms with E-state index in [1.807, 2.05) is 0 Å². The SMILES string of the molecule is CO.COC(=O)c1ccc(O)cc1. The Morgan fingerprint density at radius 2 is 1.69 bits per heavy atom. The predicted octanol–water partition coefficient (Wildman–Crippen LogP) is 0.787. The van der Waals surface area contributed by atoms with E-state index in [1.54, 1.807) is 0 Å². The molecule has 1 rings (SSSR count). The number of phenolic OH excluding ortho intramolecular Hbond substituents is 1. The normalized spacial score (nSPS) is 8.23. The summed E-state index contributed by atoms with van der Waals surface area (Å²) < 4.78 is 4.46. The van der Waals surface area contributed by atoms with Gasteiger partial charge < -0.3 is 14.9 Å². The van der Waals surface area contributed by atoms with E-state index in [1.165, 1.54) is 31.4 Å². The fourth-order valence-electron chi connectivity index (χ4n) is 0.715. The van der Waals surface area contributed by atoms with Crippen molar-refractivity contribution in [2.45, 2.75) is 0 Å². The number of methoxy groups -OCH3 is 1. The van der Waals surface area contributed by atoms with Crippen LogP contribution in [0.2, 0.25) is 0 Å². The van der Waals surface area contributed by atoms with Crippen LogP contribution in [0.25, 0.3) is 0 Å². The molecular weight excluding hydrogens is 172 g/mol. The second-order valence-electron chi connectivity index (χ2n) is 2.04. The first-order valence-corrected chi connectivity index (χ1v) is 3.56. The highest BCUT2D eigenvalue weighted by Crippen LogP contribution is 2.09. The summed E-state index contributed by atoms with van der Waals surface area (Å²) in [7, 11) is 2.31. The fourth-order valence-corrected chi connectivity index (χ4v) is 0.715. The Labute approximate surface area is 76.4 Å². The monoisotopic (exact) mass is 184 g/mol. The van der Waals surface area contributed by atoms with E-state index in [-0.39, 0.29) is 5.75 Å². The number of aliphatic hydroxyl groups is 1. The Balaban J connectivity index is 0.000000671. The maximum Gasteiger partial charge on any atom is 0.337 e. The number of esters is 1. The summed E-state index contributed by atoms with van der Waals surface area (Å²) in [6.45, 7) is 0. The van der Waals surface area contributed by atoms with Crippen LogP contribution in [0.1, 0.15) is 10.4 Å². The van der Waals surface area contributed by atoms with E-state index in [4.69, 9.17) is 10.2 Å². The third-order valence-electron chi connectivity index (χ3n) is 1.29. The summed E-state index contributed by atoms with van der Waals surface area (Å²) in [5.41, 5.74) is 0.435. The van der Waals surface area contributed by atoms with Gasteiger partial charge >= 0.3 is 5.97 Å². The summed E-state index contributed by atoms with van der Waals surface area (Å²) in [6, 6.07) is 5.88. The van der Waals surface area contributed by atoms with Crippen LogP contribution in [0.4, 0.5) is 0 Å². The number of hydrogen-bond donors (Lipinski definition) is 2. The molecule has 0 saturated carbocycles. The van der Waals surface area contributed by atoms with Crippen molar-refractivity contribution in [2.75, 3.05) is 14.2 Å². The Morgan fingerprint density at radius 3 is 2.08 bits per heavy atom. The number of aromatic hydroxyl groups is 1. The fraction of sp³-hybridized carbons (Fsp3) is 0.222. The van der Waals surface area contributed by atoms with Gasteiger partial charge in [-0.25, -0.2) is 4.79 Å². The van der Waals surface area contributed by atoms with E-state index in [0.717, 1.165) is 7.11 Å². The summed E-state index contributed by atoms with van der Waals surface area (Å²) in [4.78, 5) is 10.8. The third-order valence-corrected chi connectivity index (χ3v) is 1.29. The van der Waals surface area contributed by atoms with Crippen molar-refractivity contribution in [2.24, 2.45) is 0 Å². The topological polar surface area (TPSA) is 66.8 Å². The lowest BCUT2D eigenvalue weighted by Gasteiger charge is -1.97. The average Bonchev–Trinajstić information content (AvgIpc) is 2.21. The van der Waals surface area contributed by atoms with Crippen molar-refractivity contribution >= 4 is 5.97 Å². The zero-order valence-electron chi connectivity index (χ0n) is 7.52. The second-order valence-corrected chi connectivity index (χ2v) is 2.04. The van der Waals surface area contributed by atoms with E-state index >= 15 is 0 Å². The second kappa shape index (κ2) is 6.02. The molecule has 0 radical (unpaired) electrons. The smallest absolute Gasteiger partial charge is 0.337 e. The molecule has 0 aromatic heterocycles. The van der Waals surface area contributed by atoms with Crippen LogP contribution in [0, 0.1) is 0 Å². The molecule has 0 aliphatic rings. The maximum absolute atomic E-state index is 10.8. The van der Waals surface area contributed by atoms with Crippen molar-refractivity contribution in [3.05, 3.63) is 29.8 Å². The van der Waals surface area contributed by atoms with Gasteiger partial charge in [0.1, 0.15) is 5.75 Å². The lowest BCUT2D eigenvalue weighted by atomic mass is 10.2. The molecule has 4 heteroatoms. The van der Waals surface area contributed by atoms with Crippen LogP contribution in [0.15, 0.2) is 24.3 Å². The number of ether oxygens (including phenoxy) is 1. The van der Waals surface area contributed by atoms with Crippen LogP contribution >= 0.6 is 0 Å². The zero-order chi connectivity index (χ0) is 10.3. The van der Waals surface area contributed by atoms with Gasteiger partial charge in [-0.1, -0.05) is 0 Å². The first-order chi connectivity index (χ1) is 6.24. The van der Waals surface area contributed by atoms with Crippen molar-refractivity contribution in [3.63, 3.8) is 0 Å². The largest absolute Gasteiger partial charge is 0.508 e. The molecule has 0 aliphatic heterocycles. The van der Waals surface area contributed by atoms with Crippen molar-refractivity contribution in [1.82, 2.24) is 0 Å². The molecule has 0 amide bonds. The summed E-state index contributed by atoms with van der Waals surface area (Å²) in [6.07, 6.45) is 0.